The molecule has 1 aromatic carbocycles. The van der Waals surface area contributed by atoms with Crippen LogP contribution in [0.2, 0.25) is 0 Å². The van der Waals surface area contributed by atoms with E-state index in [1.54, 1.807) is 13.0 Å². The number of para-hydroxylation sites is 1. The zero-order chi connectivity index (χ0) is 14.4. The molecule has 0 bridgehead atoms. The molecular formula is C13H11NO5. The van der Waals surface area contributed by atoms with Gasteiger partial charge in [0.15, 0.2) is 0 Å². The molecule has 0 aliphatic heterocycles. The third-order valence-electron chi connectivity index (χ3n) is 2.23. The third kappa shape index (κ3) is 3.33. The Labute approximate surface area is 109 Å². The van der Waals surface area contributed by atoms with Crippen LogP contribution in [0.5, 0.6) is 5.75 Å². The highest BCUT2D eigenvalue weighted by Crippen LogP contribution is 2.28. The number of aromatic hydroxyl groups is 1. The van der Waals surface area contributed by atoms with Crippen molar-refractivity contribution >= 4 is 17.5 Å². The van der Waals surface area contributed by atoms with Crippen molar-refractivity contribution in [2.75, 3.05) is 6.61 Å². The summed E-state index contributed by atoms with van der Waals surface area (Å²) in [6.45, 7) is 1.76. The van der Waals surface area contributed by atoms with Gasteiger partial charge in [-0.15, -0.1) is 0 Å². The lowest BCUT2D eigenvalue weighted by Gasteiger charge is -2.05. The van der Waals surface area contributed by atoms with E-state index in [0.717, 1.165) is 6.08 Å². The van der Waals surface area contributed by atoms with Gasteiger partial charge in [-0.25, -0.2) is 9.59 Å². The van der Waals surface area contributed by atoms with Crippen molar-refractivity contribution in [2.45, 2.75) is 6.92 Å². The van der Waals surface area contributed by atoms with E-state index in [-0.39, 0.29) is 23.3 Å². The number of aromatic carboxylic acids is 1. The van der Waals surface area contributed by atoms with Crippen molar-refractivity contribution in [3.05, 3.63) is 35.4 Å². The molecule has 0 heterocycles. The predicted octanol–water partition coefficient (Wildman–Crippen LogP) is 1.56. The minimum atomic E-state index is -1.33. The molecule has 1 rings (SSSR count). The quantitative estimate of drug-likeness (QED) is 0.483. The summed E-state index contributed by atoms with van der Waals surface area (Å²) < 4.78 is 4.65. The minimum Gasteiger partial charge on any atom is -0.506 e. The standard InChI is InChI=1S/C13H11NO5/c1-2-19-11(15)6-8(7-14)9-4-3-5-10(12(9)16)13(17)18/h3-6,16H,2H2,1H3,(H,17,18). The lowest BCUT2D eigenvalue weighted by Crippen LogP contribution is -2.02. The lowest BCUT2D eigenvalue weighted by atomic mass is 10.0. The largest absolute Gasteiger partial charge is 0.506 e. The second-order valence-corrected chi connectivity index (χ2v) is 3.43. The molecule has 0 aliphatic carbocycles. The Morgan fingerprint density at radius 1 is 1.42 bits per heavy atom. The first-order valence-corrected chi connectivity index (χ1v) is 5.35. The number of carboxylic acid groups (broad SMARTS) is 1. The highest BCUT2D eigenvalue weighted by atomic mass is 16.5. The Morgan fingerprint density at radius 2 is 2.05 bits per heavy atom. The van der Waals surface area contributed by atoms with E-state index in [9.17, 15) is 14.7 Å². The van der Waals surface area contributed by atoms with Crippen molar-refractivity contribution in [1.82, 2.24) is 0 Å². The number of rotatable bonds is 4. The Hall–Kier alpha value is -2.81. The molecule has 0 aromatic heterocycles. The summed E-state index contributed by atoms with van der Waals surface area (Å²) in [5.74, 6) is -2.63. The van der Waals surface area contributed by atoms with E-state index in [4.69, 9.17) is 10.4 Å². The van der Waals surface area contributed by atoms with Crippen LogP contribution in [-0.2, 0) is 9.53 Å². The smallest absolute Gasteiger partial charge is 0.339 e. The van der Waals surface area contributed by atoms with E-state index in [2.05, 4.69) is 4.74 Å². The monoisotopic (exact) mass is 261 g/mol. The maximum atomic E-state index is 11.3. The SMILES string of the molecule is CCOC(=O)C=C(C#N)c1cccc(C(=O)O)c1O. The summed E-state index contributed by atoms with van der Waals surface area (Å²) in [5.41, 5.74) is -0.544. The highest BCUT2D eigenvalue weighted by Gasteiger charge is 2.16. The summed E-state index contributed by atoms with van der Waals surface area (Å²) in [6.07, 6.45) is 0.907. The van der Waals surface area contributed by atoms with Gasteiger partial charge in [0, 0.05) is 11.6 Å². The number of carbonyl (C=O) groups is 2. The number of benzene rings is 1. The number of hydrogen-bond donors (Lipinski definition) is 2. The number of carboxylic acids is 1. The van der Waals surface area contributed by atoms with Crippen molar-refractivity contribution in [3.8, 4) is 11.8 Å². The van der Waals surface area contributed by atoms with Crippen LogP contribution >= 0.6 is 0 Å². The van der Waals surface area contributed by atoms with Gasteiger partial charge >= 0.3 is 11.9 Å². The first-order chi connectivity index (χ1) is 9.01. The van der Waals surface area contributed by atoms with Gasteiger partial charge in [-0.05, 0) is 19.1 Å². The number of esters is 1. The summed E-state index contributed by atoms with van der Waals surface area (Å²) in [6, 6.07) is 5.63. The van der Waals surface area contributed by atoms with Gasteiger partial charge in [0.1, 0.15) is 17.4 Å². The average molecular weight is 261 g/mol. The van der Waals surface area contributed by atoms with E-state index >= 15 is 0 Å². The molecule has 19 heavy (non-hydrogen) atoms. The normalized spacial score (nSPS) is 10.6. The Kier molecular flexibility index (Phi) is 4.66. The van der Waals surface area contributed by atoms with Gasteiger partial charge in [-0.1, -0.05) is 6.07 Å². The Bertz CT molecular complexity index is 583. The number of nitriles is 1. The van der Waals surface area contributed by atoms with Crippen LogP contribution in [0.15, 0.2) is 24.3 Å². The lowest BCUT2D eigenvalue weighted by molar-refractivity contribution is -0.137. The topological polar surface area (TPSA) is 108 Å². The summed E-state index contributed by atoms with van der Waals surface area (Å²) in [5, 5.41) is 27.6. The fraction of sp³-hybridized carbons (Fsp3) is 0.154. The molecule has 0 atom stereocenters. The molecule has 2 N–H and O–H groups in total. The number of phenols is 1. The fourth-order valence-electron chi connectivity index (χ4n) is 1.41. The van der Waals surface area contributed by atoms with Crippen molar-refractivity contribution in [1.29, 1.82) is 5.26 Å². The molecule has 0 spiro atoms. The molecule has 0 saturated heterocycles. The molecular weight excluding hydrogens is 250 g/mol. The zero-order valence-electron chi connectivity index (χ0n) is 10.1. The second kappa shape index (κ2) is 6.21. The van der Waals surface area contributed by atoms with Gasteiger partial charge in [-0.3, -0.25) is 0 Å². The van der Waals surface area contributed by atoms with Crippen LogP contribution in [0.25, 0.3) is 5.57 Å². The molecule has 6 heteroatoms. The molecule has 0 amide bonds. The van der Waals surface area contributed by atoms with Crippen LogP contribution in [-0.4, -0.2) is 28.8 Å². The molecule has 98 valence electrons. The molecule has 1 aromatic rings. The first-order valence-electron chi connectivity index (χ1n) is 5.35. The fourth-order valence-corrected chi connectivity index (χ4v) is 1.41. The summed E-state index contributed by atoms with van der Waals surface area (Å²) in [4.78, 5) is 22.1. The van der Waals surface area contributed by atoms with Gasteiger partial charge in [0.25, 0.3) is 0 Å². The molecule has 6 nitrogen and oxygen atoms in total. The van der Waals surface area contributed by atoms with Gasteiger partial charge in [0.2, 0.25) is 0 Å². The van der Waals surface area contributed by atoms with Gasteiger partial charge in [0.05, 0.1) is 12.2 Å². The van der Waals surface area contributed by atoms with E-state index in [1.165, 1.54) is 18.2 Å². The van der Waals surface area contributed by atoms with Crippen molar-refractivity contribution in [2.24, 2.45) is 0 Å². The van der Waals surface area contributed by atoms with Crippen LogP contribution in [0, 0.1) is 11.3 Å². The molecule has 0 fully saturated rings. The number of carbonyl (C=O) groups excluding carboxylic acids is 1. The highest BCUT2D eigenvalue weighted by molar-refractivity contribution is 5.99. The van der Waals surface area contributed by atoms with Gasteiger partial charge in [-0.2, -0.15) is 5.26 Å². The molecule has 0 aliphatic rings. The number of nitrogens with zero attached hydrogens (tertiary/aromatic N) is 1. The van der Waals surface area contributed by atoms with Crippen LogP contribution in [0.1, 0.15) is 22.8 Å². The van der Waals surface area contributed by atoms with Crippen LogP contribution < -0.4 is 0 Å². The Morgan fingerprint density at radius 3 is 2.58 bits per heavy atom. The summed E-state index contributed by atoms with van der Waals surface area (Å²) in [7, 11) is 0. The first kappa shape index (κ1) is 14.3. The minimum absolute atomic E-state index is 0.0320. The number of allylic oxidation sites excluding steroid dienone is 1. The van der Waals surface area contributed by atoms with E-state index in [1.807, 2.05) is 0 Å². The maximum absolute atomic E-state index is 11.3. The Balaban J connectivity index is 3.28. The second-order valence-electron chi connectivity index (χ2n) is 3.43. The maximum Gasteiger partial charge on any atom is 0.339 e. The molecule has 0 radical (unpaired) electrons. The third-order valence-corrected chi connectivity index (χ3v) is 2.23. The average Bonchev–Trinajstić information content (AvgIpc) is 2.36. The summed E-state index contributed by atoms with van der Waals surface area (Å²) >= 11 is 0. The number of ether oxygens (including phenoxy) is 1. The number of hydrogen-bond acceptors (Lipinski definition) is 5. The molecule has 0 unspecified atom stereocenters. The van der Waals surface area contributed by atoms with Crippen molar-refractivity contribution in [3.63, 3.8) is 0 Å². The van der Waals surface area contributed by atoms with E-state index in [0.29, 0.717) is 0 Å². The van der Waals surface area contributed by atoms with Crippen molar-refractivity contribution < 1.29 is 24.5 Å². The predicted molar refractivity (Wildman–Crippen MR) is 65.3 cm³/mol. The zero-order valence-corrected chi connectivity index (χ0v) is 10.1. The van der Waals surface area contributed by atoms with Gasteiger partial charge < -0.3 is 14.9 Å². The van der Waals surface area contributed by atoms with E-state index < -0.39 is 17.7 Å². The van der Waals surface area contributed by atoms with Crippen LogP contribution in [0.4, 0.5) is 0 Å². The molecule has 0 saturated carbocycles. The van der Waals surface area contributed by atoms with Crippen LogP contribution in [0.3, 0.4) is 0 Å².